The molecule has 3 aromatic rings. The normalized spacial score (nSPS) is 24.1. The highest BCUT2D eigenvalue weighted by atomic mass is 32.3. The molecule has 1 N–H and O–H groups in total. The van der Waals surface area contributed by atoms with Gasteiger partial charge in [0, 0.05) is 47.3 Å². The number of benzene rings is 2. The Labute approximate surface area is 269 Å². The molecule has 44 heavy (non-hydrogen) atoms. The van der Waals surface area contributed by atoms with Gasteiger partial charge in [-0.05, 0) is 104 Å². The van der Waals surface area contributed by atoms with Gasteiger partial charge in [0.15, 0.2) is 0 Å². The number of nitrogens with zero attached hydrogens (tertiary/aromatic N) is 2. The van der Waals surface area contributed by atoms with Crippen molar-refractivity contribution in [3.63, 3.8) is 0 Å². The summed E-state index contributed by atoms with van der Waals surface area (Å²) >= 11 is 0. The molecular weight excluding hydrogens is 559 g/mol. The van der Waals surface area contributed by atoms with E-state index in [0.29, 0.717) is 6.54 Å². The molecule has 240 valence electrons. The Kier molecular flexibility index (Phi) is 11.2. The van der Waals surface area contributed by atoms with E-state index in [1.165, 1.54) is 72.8 Å². The second-order valence-electron chi connectivity index (χ2n) is 13.8. The van der Waals surface area contributed by atoms with Crippen molar-refractivity contribution in [3.8, 4) is 11.2 Å². The first-order chi connectivity index (χ1) is 21.0. The van der Waals surface area contributed by atoms with E-state index in [1.54, 1.807) is 0 Å². The summed E-state index contributed by atoms with van der Waals surface area (Å²) in [5.41, 5.74) is 6.41. The molecule has 4 unspecified atom stereocenters. The van der Waals surface area contributed by atoms with E-state index in [9.17, 15) is 4.79 Å². The molecule has 1 aliphatic heterocycles. The fourth-order valence-corrected chi connectivity index (χ4v) is 7.99. The first-order valence-electron chi connectivity index (χ1n) is 17.0. The lowest BCUT2D eigenvalue weighted by molar-refractivity contribution is -0.127. The van der Waals surface area contributed by atoms with Gasteiger partial charge in [-0.2, -0.15) is 10.0 Å². The van der Waals surface area contributed by atoms with Crippen LogP contribution in [0.2, 0.25) is 0 Å². The van der Waals surface area contributed by atoms with Crippen LogP contribution in [0.4, 0.5) is 5.69 Å². The van der Waals surface area contributed by atoms with Gasteiger partial charge in [0.2, 0.25) is 0 Å². The summed E-state index contributed by atoms with van der Waals surface area (Å²) in [5, 5.41) is 8.52. The lowest BCUT2D eigenvalue weighted by atomic mass is 9.77. The van der Waals surface area contributed by atoms with Gasteiger partial charge < -0.3 is 14.8 Å². The van der Waals surface area contributed by atoms with Crippen molar-refractivity contribution >= 4 is 32.5 Å². The maximum Gasteiger partial charge on any atom is 0.300 e. The fourth-order valence-electron chi connectivity index (χ4n) is 7.60. The Morgan fingerprint density at radius 3 is 2.36 bits per heavy atom. The molecule has 1 aromatic heterocycles. The van der Waals surface area contributed by atoms with E-state index >= 15 is 0 Å². The van der Waals surface area contributed by atoms with Crippen molar-refractivity contribution in [1.82, 2.24) is 9.47 Å². The largest absolute Gasteiger partial charge is 0.380 e. The number of aryl methyl sites for hydroxylation is 1. The number of anilines is 1. The maximum atomic E-state index is 13.6. The SMILES string of the molecule is CC.CC1CC2CCC(Nc3ccc(C4c5c(c6ccccc6n5C)CCN4C(=O)C#CS(C)(C)C)cc3)(C1)C2.CCCC. The highest BCUT2D eigenvalue weighted by Crippen LogP contribution is 2.49. The summed E-state index contributed by atoms with van der Waals surface area (Å²) in [7, 11) is 1.06. The predicted octanol–water partition coefficient (Wildman–Crippen LogP) is 9.52. The summed E-state index contributed by atoms with van der Waals surface area (Å²) < 4.78 is 2.30. The van der Waals surface area contributed by atoms with Gasteiger partial charge >= 0.3 is 0 Å². The van der Waals surface area contributed by atoms with E-state index in [1.807, 2.05) is 18.7 Å². The fraction of sp³-hybridized carbons (Fsp3) is 0.564. The van der Waals surface area contributed by atoms with Gasteiger partial charge in [0.25, 0.3) is 5.91 Å². The molecular formula is C39H57N3OS. The molecule has 2 saturated carbocycles. The number of carbonyl (C=O) groups is 1. The van der Waals surface area contributed by atoms with Crippen molar-refractivity contribution in [2.24, 2.45) is 18.9 Å². The monoisotopic (exact) mass is 615 g/mol. The number of rotatable bonds is 4. The molecule has 0 radical (unpaired) electrons. The van der Waals surface area contributed by atoms with Crippen molar-refractivity contribution in [3.05, 3.63) is 65.4 Å². The number of nitrogens with one attached hydrogen (secondary N) is 1. The minimum atomic E-state index is -1.08. The number of hydrogen-bond acceptors (Lipinski definition) is 2. The van der Waals surface area contributed by atoms with Crippen LogP contribution in [0.25, 0.3) is 10.9 Å². The summed E-state index contributed by atoms with van der Waals surface area (Å²) in [4.78, 5) is 15.6. The van der Waals surface area contributed by atoms with Crippen LogP contribution in [0.15, 0.2) is 48.5 Å². The van der Waals surface area contributed by atoms with Crippen LogP contribution < -0.4 is 5.32 Å². The van der Waals surface area contributed by atoms with Crippen LogP contribution in [0.3, 0.4) is 0 Å². The second kappa shape index (κ2) is 14.5. The quantitative estimate of drug-likeness (QED) is 0.297. The highest BCUT2D eigenvalue weighted by Gasteiger charge is 2.44. The topological polar surface area (TPSA) is 37.3 Å². The third kappa shape index (κ3) is 7.51. The Bertz CT molecular complexity index is 1470. The Morgan fingerprint density at radius 2 is 1.70 bits per heavy atom. The molecule has 2 heterocycles. The molecule has 2 fully saturated rings. The molecule has 2 bridgehead atoms. The minimum Gasteiger partial charge on any atom is -0.380 e. The van der Waals surface area contributed by atoms with E-state index in [4.69, 9.17) is 0 Å². The number of fused-ring (bicyclic) bond motifs is 5. The molecule has 2 aromatic carbocycles. The first-order valence-corrected chi connectivity index (χ1v) is 19.9. The Hall–Kier alpha value is -2.84. The Morgan fingerprint density at radius 1 is 1.02 bits per heavy atom. The third-order valence-corrected chi connectivity index (χ3v) is 10.2. The van der Waals surface area contributed by atoms with Crippen molar-refractivity contribution in [2.75, 3.05) is 30.6 Å². The van der Waals surface area contributed by atoms with Crippen LogP contribution in [-0.4, -0.2) is 46.2 Å². The van der Waals surface area contributed by atoms with Gasteiger partial charge in [0.1, 0.15) is 0 Å². The number of aromatic nitrogens is 1. The molecule has 4 atom stereocenters. The number of hydrogen-bond donors (Lipinski definition) is 1. The zero-order valence-electron chi connectivity index (χ0n) is 28.9. The van der Waals surface area contributed by atoms with Crippen LogP contribution in [0.5, 0.6) is 0 Å². The van der Waals surface area contributed by atoms with E-state index in [0.717, 1.165) is 23.8 Å². The van der Waals surface area contributed by atoms with Gasteiger partial charge in [-0.15, -0.1) is 0 Å². The Balaban J connectivity index is 0.000000683. The van der Waals surface area contributed by atoms with Crippen molar-refractivity contribution < 1.29 is 4.79 Å². The third-order valence-electron chi connectivity index (χ3n) is 9.48. The highest BCUT2D eigenvalue weighted by molar-refractivity contribution is 8.36. The standard InChI is InChI=1S/C33H41N3OS.C4H10.C2H6/c1-23-20-24-14-17-33(21-23,22-24)34-26-12-10-25(11-13-26)31-32-28(27-8-6-7-9-29(27)35(32)2)15-18-36(31)30(37)16-19-38(3,4)5;1-3-4-2;1-2/h6-13,23-24,31,34H,14-15,17-18,20-22H2,1-5H3;3-4H2,1-2H3;1-2H3. The minimum absolute atomic E-state index is 0.0670. The number of amides is 1. The predicted molar refractivity (Wildman–Crippen MR) is 194 cm³/mol. The molecule has 5 heteroatoms. The summed E-state index contributed by atoms with van der Waals surface area (Å²) in [6, 6.07) is 17.4. The molecule has 4 nitrogen and oxygen atoms in total. The molecule has 1 amide bonds. The zero-order chi connectivity index (χ0) is 32.1. The first kappa shape index (κ1) is 34.0. The molecule has 3 aliphatic rings. The van der Waals surface area contributed by atoms with Gasteiger partial charge in [-0.25, -0.2) is 0 Å². The van der Waals surface area contributed by atoms with Crippen LogP contribution in [-0.2, 0) is 18.3 Å². The average molecular weight is 616 g/mol. The molecule has 0 spiro atoms. The van der Waals surface area contributed by atoms with Gasteiger partial charge in [-0.3, -0.25) is 4.79 Å². The zero-order valence-corrected chi connectivity index (χ0v) is 29.7. The molecule has 6 rings (SSSR count). The van der Waals surface area contributed by atoms with Gasteiger partial charge in [0.05, 0.1) is 6.04 Å². The van der Waals surface area contributed by atoms with E-state index in [2.05, 4.69) is 116 Å². The van der Waals surface area contributed by atoms with E-state index in [-0.39, 0.29) is 17.5 Å². The summed E-state index contributed by atoms with van der Waals surface area (Å²) in [6.07, 6.45) is 16.5. The smallest absolute Gasteiger partial charge is 0.300 e. The van der Waals surface area contributed by atoms with Crippen molar-refractivity contribution in [2.45, 2.75) is 97.6 Å². The average Bonchev–Trinajstić information content (AvgIpc) is 3.48. The number of carbonyl (C=O) groups excluding carboxylic acids is 1. The number of para-hydroxylation sites is 1. The van der Waals surface area contributed by atoms with E-state index < -0.39 is 10.0 Å². The number of unbranched alkanes of at least 4 members (excludes halogenated alkanes) is 1. The molecule has 0 saturated heterocycles. The molecule has 2 aliphatic carbocycles. The van der Waals surface area contributed by atoms with Crippen LogP contribution in [0, 0.1) is 23.0 Å². The van der Waals surface area contributed by atoms with Crippen LogP contribution >= 0.6 is 10.0 Å². The van der Waals surface area contributed by atoms with Gasteiger partial charge in [-0.1, -0.05) is 77.8 Å². The van der Waals surface area contributed by atoms with Crippen molar-refractivity contribution in [1.29, 1.82) is 0 Å². The summed E-state index contributed by atoms with van der Waals surface area (Å²) in [6.45, 7) is 11.5. The second-order valence-corrected chi connectivity index (χ2v) is 17.7. The van der Waals surface area contributed by atoms with Crippen LogP contribution in [0.1, 0.15) is 102 Å². The maximum absolute atomic E-state index is 13.6. The summed E-state index contributed by atoms with van der Waals surface area (Å²) in [5.74, 6) is 4.63. The lowest BCUT2D eigenvalue weighted by Crippen LogP contribution is -2.41. The lowest BCUT2D eigenvalue weighted by Gasteiger charge is -2.39.